The number of pyridine rings is 1. The Hall–Kier alpha value is -3.49. The van der Waals surface area contributed by atoms with Crippen LogP contribution in [0.1, 0.15) is 43.7 Å². The molecule has 1 aromatic heterocycles. The largest absolute Gasteiger partial charge is 0.481 e. The minimum absolute atomic E-state index is 0.0947. The number of nitrogens with one attached hydrogen (secondary N) is 2. The second kappa shape index (κ2) is 9.11. The molecule has 9 nitrogen and oxygen atoms in total. The van der Waals surface area contributed by atoms with Gasteiger partial charge in [-0.1, -0.05) is 18.9 Å². The molecule has 1 aromatic carbocycles. The van der Waals surface area contributed by atoms with E-state index in [9.17, 15) is 19.5 Å². The number of rotatable bonds is 7. The predicted octanol–water partition coefficient (Wildman–Crippen LogP) is 3.10. The van der Waals surface area contributed by atoms with Gasteiger partial charge in [0.1, 0.15) is 5.69 Å². The van der Waals surface area contributed by atoms with Crippen LogP contribution < -0.4 is 25.7 Å². The zero-order valence-corrected chi connectivity index (χ0v) is 17.0. The third kappa shape index (κ3) is 4.99. The summed E-state index contributed by atoms with van der Waals surface area (Å²) in [4.78, 5) is 36.7. The second-order valence-electron chi connectivity index (χ2n) is 7.89. The minimum atomic E-state index is -1.07. The Bertz CT molecular complexity index is 1030. The molecular weight excluding hydrogens is 402 g/mol. The van der Waals surface area contributed by atoms with Gasteiger partial charge in [-0.05, 0) is 48.6 Å². The number of urea groups is 1. The summed E-state index contributed by atoms with van der Waals surface area (Å²) < 4.78 is 12.2. The molecule has 31 heavy (non-hydrogen) atoms. The fourth-order valence-corrected chi connectivity index (χ4v) is 4.12. The van der Waals surface area contributed by atoms with Crippen molar-refractivity contribution in [1.82, 2.24) is 9.88 Å². The van der Waals surface area contributed by atoms with Crippen molar-refractivity contribution < 1.29 is 24.2 Å². The van der Waals surface area contributed by atoms with Crippen LogP contribution in [0, 0.1) is 5.92 Å². The van der Waals surface area contributed by atoms with Gasteiger partial charge in [0.2, 0.25) is 6.79 Å². The summed E-state index contributed by atoms with van der Waals surface area (Å²) in [5.74, 6) is 0.469. The highest BCUT2D eigenvalue weighted by Gasteiger charge is 2.22. The average Bonchev–Trinajstić information content (AvgIpc) is 3.41. The van der Waals surface area contributed by atoms with E-state index in [-0.39, 0.29) is 24.5 Å². The number of hydrogen-bond donors (Lipinski definition) is 3. The van der Waals surface area contributed by atoms with Gasteiger partial charge >= 0.3 is 12.0 Å². The topological polar surface area (TPSA) is 119 Å². The van der Waals surface area contributed by atoms with E-state index in [1.807, 2.05) is 0 Å². The summed E-state index contributed by atoms with van der Waals surface area (Å²) in [5, 5.41) is 14.5. The molecule has 2 amide bonds. The number of anilines is 1. The molecular formula is C22H25N3O6. The molecule has 2 aromatic rings. The average molecular weight is 427 g/mol. The smallest absolute Gasteiger partial charge is 0.319 e. The first-order valence-corrected chi connectivity index (χ1v) is 10.4. The molecule has 0 saturated heterocycles. The number of amides is 2. The summed E-state index contributed by atoms with van der Waals surface area (Å²) in [6.45, 7) is 0.728. The zero-order chi connectivity index (χ0) is 21.8. The first-order valence-electron chi connectivity index (χ1n) is 10.4. The summed E-state index contributed by atoms with van der Waals surface area (Å²) in [6.07, 6.45) is 5.99. The maximum absolute atomic E-state index is 12.7. The molecule has 4 rings (SSSR count). The molecule has 1 aliphatic heterocycles. The summed E-state index contributed by atoms with van der Waals surface area (Å²) >= 11 is 0. The molecule has 0 bridgehead atoms. The lowest BCUT2D eigenvalue weighted by molar-refractivity contribution is -0.137. The van der Waals surface area contributed by atoms with Crippen LogP contribution in [0.5, 0.6) is 11.5 Å². The van der Waals surface area contributed by atoms with Gasteiger partial charge in [-0.2, -0.15) is 0 Å². The van der Waals surface area contributed by atoms with Gasteiger partial charge in [0, 0.05) is 12.7 Å². The monoisotopic (exact) mass is 427 g/mol. The Labute approximate surface area is 179 Å². The van der Waals surface area contributed by atoms with Gasteiger partial charge in [0.25, 0.3) is 5.56 Å². The first kappa shape index (κ1) is 20.8. The molecule has 0 spiro atoms. The number of carboxylic acid groups (broad SMARTS) is 1. The molecule has 3 N–H and O–H groups in total. The number of nitrogens with zero attached hydrogens (tertiary/aromatic N) is 1. The zero-order valence-electron chi connectivity index (χ0n) is 17.0. The molecule has 164 valence electrons. The predicted molar refractivity (Wildman–Crippen MR) is 112 cm³/mol. The van der Waals surface area contributed by atoms with E-state index < -0.39 is 18.0 Å². The van der Waals surface area contributed by atoms with Crippen LogP contribution in [0.25, 0.3) is 0 Å². The van der Waals surface area contributed by atoms with E-state index in [2.05, 4.69) is 10.6 Å². The molecule has 0 radical (unpaired) electrons. The van der Waals surface area contributed by atoms with Gasteiger partial charge in [0.15, 0.2) is 11.5 Å². The van der Waals surface area contributed by atoms with Gasteiger partial charge in [-0.15, -0.1) is 0 Å². The number of aromatic nitrogens is 1. The van der Waals surface area contributed by atoms with Crippen molar-refractivity contribution in [2.75, 3.05) is 12.1 Å². The van der Waals surface area contributed by atoms with Crippen LogP contribution >= 0.6 is 0 Å². The van der Waals surface area contributed by atoms with Crippen molar-refractivity contribution in [2.24, 2.45) is 5.92 Å². The number of benzene rings is 1. The van der Waals surface area contributed by atoms with E-state index >= 15 is 0 Å². The maximum Gasteiger partial charge on any atom is 0.319 e. The highest BCUT2D eigenvalue weighted by Crippen LogP contribution is 2.34. The summed E-state index contributed by atoms with van der Waals surface area (Å²) in [7, 11) is 0. The fourth-order valence-electron chi connectivity index (χ4n) is 4.12. The van der Waals surface area contributed by atoms with Crippen LogP contribution in [-0.2, 0) is 11.3 Å². The van der Waals surface area contributed by atoms with Crippen molar-refractivity contribution in [3.63, 3.8) is 0 Å². The molecule has 1 atom stereocenters. The Morgan fingerprint density at radius 3 is 2.71 bits per heavy atom. The van der Waals surface area contributed by atoms with E-state index in [1.165, 1.54) is 12.8 Å². The lowest BCUT2D eigenvalue weighted by Gasteiger charge is -2.19. The third-order valence-corrected chi connectivity index (χ3v) is 5.68. The second-order valence-corrected chi connectivity index (χ2v) is 7.89. The number of carboxylic acids is 1. The Balaban J connectivity index is 1.46. The minimum Gasteiger partial charge on any atom is -0.481 e. The van der Waals surface area contributed by atoms with Gasteiger partial charge < -0.3 is 29.8 Å². The standard InChI is InChI=1S/C22H25N3O6/c26-20(27)11-17(15-7-8-18-19(10-15)31-13-30-18)24-22(29)23-16-6-3-9-25(21(16)28)12-14-4-1-2-5-14/h3,6-10,14,17H,1-2,4-5,11-13H2,(H,26,27)(H2,23,24,29)/t17-/m0/s1. The molecule has 1 fully saturated rings. The maximum atomic E-state index is 12.7. The number of hydrogen-bond acceptors (Lipinski definition) is 5. The van der Waals surface area contributed by atoms with Gasteiger partial charge in [-0.25, -0.2) is 4.79 Å². The number of carbonyl (C=O) groups is 2. The lowest BCUT2D eigenvalue weighted by Crippen LogP contribution is -2.36. The van der Waals surface area contributed by atoms with E-state index in [1.54, 1.807) is 41.1 Å². The molecule has 1 saturated carbocycles. The van der Waals surface area contributed by atoms with Crippen molar-refractivity contribution >= 4 is 17.7 Å². The quantitative estimate of drug-likeness (QED) is 0.625. The number of fused-ring (bicyclic) bond motifs is 1. The summed E-state index contributed by atoms with van der Waals surface area (Å²) in [5.41, 5.74) is 0.439. The van der Waals surface area contributed by atoms with Crippen LogP contribution in [-0.4, -0.2) is 28.5 Å². The molecule has 0 unspecified atom stereocenters. The third-order valence-electron chi connectivity index (χ3n) is 5.68. The highest BCUT2D eigenvalue weighted by molar-refractivity contribution is 5.89. The molecule has 1 aliphatic carbocycles. The van der Waals surface area contributed by atoms with Crippen LogP contribution in [0.3, 0.4) is 0 Å². The summed E-state index contributed by atoms with van der Waals surface area (Å²) in [6, 6.07) is 6.80. The van der Waals surface area contributed by atoms with Crippen LogP contribution in [0.15, 0.2) is 41.3 Å². The number of carbonyl (C=O) groups excluding carboxylic acids is 1. The fraction of sp³-hybridized carbons (Fsp3) is 0.409. The van der Waals surface area contributed by atoms with Gasteiger partial charge in [-0.3, -0.25) is 9.59 Å². The number of ether oxygens (including phenoxy) is 2. The van der Waals surface area contributed by atoms with Crippen LogP contribution in [0.4, 0.5) is 10.5 Å². The van der Waals surface area contributed by atoms with Crippen molar-refractivity contribution in [3.8, 4) is 11.5 Å². The number of aliphatic carboxylic acids is 1. The van der Waals surface area contributed by atoms with Crippen LogP contribution in [0.2, 0.25) is 0 Å². The van der Waals surface area contributed by atoms with E-state index in [0.29, 0.717) is 29.5 Å². The first-order chi connectivity index (χ1) is 15.0. The Morgan fingerprint density at radius 1 is 1.16 bits per heavy atom. The lowest BCUT2D eigenvalue weighted by atomic mass is 10.0. The van der Waals surface area contributed by atoms with E-state index in [0.717, 1.165) is 12.8 Å². The van der Waals surface area contributed by atoms with Crippen molar-refractivity contribution in [3.05, 3.63) is 52.4 Å². The molecule has 2 aliphatic rings. The van der Waals surface area contributed by atoms with Crippen molar-refractivity contribution in [1.29, 1.82) is 0 Å². The van der Waals surface area contributed by atoms with E-state index in [4.69, 9.17) is 9.47 Å². The van der Waals surface area contributed by atoms with Crippen molar-refractivity contribution in [2.45, 2.75) is 44.7 Å². The molecule has 9 heteroatoms. The normalized spacial score (nSPS) is 16.1. The highest BCUT2D eigenvalue weighted by atomic mass is 16.7. The van der Waals surface area contributed by atoms with Gasteiger partial charge in [0.05, 0.1) is 12.5 Å². The Kier molecular flexibility index (Phi) is 6.11. The Morgan fingerprint density at radius 2 is 1.94 bits per heavy atom. The SMILES string of the molecule is O=C(O)C[C@H](NC(=O)Nc1cccn(CC2CCCC2)c1=O)c1ccc2c(c1)OCO2. The molecule has 2 heterocycles.